The van der Waals surface area contributed by atoms with E-state index < -0.39 is 5.97 Å². The van der Waals surface area contributed by atoms with Crippen molar-refractivity contribution in [2.75, 3.05) is 0 Å². The van der Waals surface area contributed by atoms with Crippen LogP contribution in [0, 0.1) is 0 Å². The molecule has 0 fully saturated rings. The summed E-state index contributed by atoms with van der Waals surface area (Å²) in [5.41, 5.74) is 1.01. The summed E-state index contributed by atoms with van der Waals surface area (Å²) in [6, 6.07) is 5.83. The zero-order valence-electron chi connectivity index (χ0n) is 8.31. The van der Waals surface area contributed by atoms with Crippen molar-refractivity contribution in [3.05, 3.63) is 44.8 Å². The van der Waals surface area contributed by atoms with Gasteiger partial charge in [-0.2, -0.15) is 0 Å². The number of aliphatic carboxylic acids is 1. The molecule has 5 heteroatoms. The van der Waals surface area contributed by atoms with Gasteiger partial charge >= 0.3 is 5.97 Å². The summed E-state index contributed by atoms with van der Waals surface area (Å²) in [7, 11) is 0. The first kappa shape index (κ1) is 11.4. The largest absolute Gasteiger partial charge is 0.481 e. The van der Waals surface area contributed by atoms with Crippen molar-refractivity contribution in [1.29, 1.82) is 0 Å². The van der Waals surface area contributed by atoms with Crippen LogP contribution in [0.1, 0.15) is 22.8 Å². The Hall–Kier alpha value is -1.07. The molecule has 3 nitrogen and oxygen atoms in total. The predicted octanol–water partition coefficient (Wildman–Crippen LogP) is 3.45. The summed E-state index contributed by atoms with van der Waals surface area (Å²) in [6.07, 6.45) is 3.78. The van der Waals surface area contributed by atoms with Gasteiger partial charge in [0, 0.05) is 23.2 Å². The first-order valence-electron chi connectivity index (χ1n) is 4.76. The fourth-order valence-electron chi connectivity index (χ4n) is 1.63. The highest BCUT2D eigenvalue weighted by Crippen LogP contribution is 2.34. The normalized spacial score (nSPS) is 12.6. The fraction of sp³-hybridized carbons (Fsp3) is 0.182. The number of carboxylic acid groups (broad SMARTS) is 1. The summed E-state index contributed by atoms with van der Waals surface area (Å²) in [5.74, 6) is -0.851. The second-order valence-corrected chi connectivity index (χ2v) is 5.93. The van der Waals surface area contributed by atoms with Gasteiger partial charge in [-0.05, 0) is 39.7 Å². The van der Waals surface area contributed by atoms with Gasteiger partial charge in [0.25, 0.3) is 0 Å². The molecule has 0 aliphatic rings. The molecule has 0 radical (unpaired) electrons. The highest BCUT2D eigenvalue weighted by Gasteiger charge is 2.19. The van der Waals surface area contributed by atoms with E-state index in [-0.39, 0.29) is 12.3 Å². The molecule has 1 atom stereocenters. The van der Waals surface area contributed by atoms with Crippen molar-refractivity contribution < 1.29 is 9.90 Å². The van der Waals surface area contributed by atoms with Crippen LogP contribution in [-0.4, -0.2) is 16.1 Å². The summed E-state index contributed by atoms with van der Waals surface area (Å²) in [4.78, 5) is 14.9. The molecule has 1 unspecified atom stereocenters. The van der Waals surface area contributed by atoms with Crippen molar-refractivity contribution in [2.24, 2.45) is 0 Å². The molecule has 2 aromatic heterocycles. The Bertz CT molecular complexity index is 478. The summed E-state index contributed by atoms with van der Waals surface area (Å²) in [5, 5.41) is 8.93. The Morgan fingerprint density at radius 3 is 2.81 bits per heavy atom. The molecule has 0 spiro atoms. The van der Waals surface area contributed by atoms with E-state index in [2.05, 4.69) is 20.9 Å². The Morgan fingerprint density at radius 1 is 1.50 bits per heavy atom. The van der Waals surface area contributed by atoms with Crippen LogP contribution in [-0.2, 0) is 4.79 Å². The molecule has 84 valence electrons. The minimum Gasteiger partial charge on any atom is -0.481 e. The third-order valence-electron chi connectivity index (χ3n) is 2.34. The van der Waals surface area contributed by atoms with Gasteiger partial charge in [0.2, 0.25) is 0 Å². The highest BCUT2D eigenvalue weighted by atomic mass is 79.9. The van der Waals surface area contributed by atoms with Crippen LogP contribution in [0.3, 0.4) is 0 Å². The monoisotopic (exact) mass is 299 g/mol. The van der Waals surface area contributed by atoms with Crippen LogP contribution < -0.4 is 0 Å². The smallest absolute Gasteiger partial charge is 0.304 e. The van der Waals surface area contributed by atoms with Crippen molar-refractivity contribution >= 4 is 33.2 Å². The molecule has 2 heterocycles. The van der Waals surface area contributed by atoms with Gasteiger partial charge in [0.1, 0.15) is 0 Å². The lowest BCUT2D eigenvalue weighted by Gasteiger charge is -2.10. The number of thiophene rings is 1. The van der Waals surface area contributed by atoms with Crippen LogP contribution >= 0.6 is 27.3 Å². The quantitative estimate of drug-likeness (QED) is 0.908. The first-order chi connectivity index (χ1) is 7.66. The van der Waals surface area contributed by atoms with Crippen molar-refractivity contribution in [3.8, 4) is 0 Å². The maximum atomic E-state index is 10.9. The maximum absolute atomic E-state index is 10.9. The number of aromatic amines is 1. The molecule has 2 rings (SSSR count). The minimum atomic E-state index is -0.782. The minimum absolute atomic E-state index is 0.0694. The van der Waals surface area contributed by atoms with Gasteiger partial charge in [-0.3, -0.25) is 4.79 Å². The van der Waals surface area contributed by atoms with E-state index in [1.54, 1.807) is 11.3 Å². The van der Waals surface area contributed by atoms with Gasteiger partial charge in [-0.15, -0.1) is 11.3 Å². The molecule has 0 aromatic carbocycles. The van der Waals surface area contributed by atoms with Crippen LogP contribution in [0.25, 0.3) is 0 Å². The lowest BCUT2D eigenvalue weighted by molar-refractivity contribution is -0.137. The second-order valence-electron chi connectivity index (χ2n) is 3.44. The zero-order valence-corrected chi connectivity index (χ0v) is 10.7. The number of halogens is 1. The molecule has 0 amide bonds. The van der Waals surface area contributed by atoms with Crippen LogP contribution in [0.2, 0.25) is 0 Å². The number of nitrogens with one attached hydrogen (secondary N) is 1. The van der Waals surface area contributed by atoms with E-state index in [1.807, 2.05) is 30.6 Å². The summed E-state index contributed by atoms with van der Waals surface area (Å²) >= 11 is 4.97. The third-order valence-corrected chi connectivity index (χ3v) is 4.08. The number of carboxylic acids is 1. The number of rotatable bonds is 4. The molecular weight excluding hydrogens is 290 g/mol. The lowest BCUT2D eigenvalue weighted by atomic mass is 9.97. The predicted molar refractivity (Wildman–Crippen MR) is 66.9 cm³/mol. The molecule has 0 bridgehead atoms. The van der Waals surface area contributed by atoms with E-state index in [9.17, 15) is 4.79 Å². The summed E-state index contributed by atoms with van der Waals surface area (Å²) in [6.45, 7) is 0. The molecule has 0 saturated carbocycles. The topological polar surface area (TPSA) is 53.1 Å². The van der Waals surface area contributed by atoms with Crippen LogP contribution in [0.5, 0.6) is 0 Å². The molecule has 2 N–H and O–H groups in total. The van der Waals surface area contributed by atoms with E-state index in [0.717, 1.165) is 14.2 Å². The van der Waals surface area contributed by atoms with Crippen LogP contribution in [0.15, 0.2) is 34.4 Å². The number of carbonyl (C=O) groups is 1. The standard InChI is InChI=1S/C11H10BrNO2S/c12-10-2-1-9(16-10)8(5-11(14)15)7-3-4-13-6-7/h1-4,6,8,13H,5H2,(H,14,15). The molecular formula is C11H10BrNO2S. The van der Waals surface area contributed by atoms with Gasteiger partial charge in [0.15, 0.2) is 0 Å². The van der Waals surface area contributed by atoms with Crippen molar-refractivity contribution in [2.45, 2.75) is 12.3 Å². The van der Waals surface area contributed by atoms with E-state index in [0.29, 0.717) is 0 Å². The highest BCUT2D eigenvalue weighted by molar-refractivity contribution is 9.11. The number of hydrogen-bond donors (Lipinski definition) is 2. The average molecular weight is 300 g/mol. The molecule has 0 aliphatic heterocycles. The average Bonchev–Trinajstić information content (AvgIpc) is 2.84. The molecule has 2 aromatic rings. The fourth-order valence-corrected chi connectivity index (χ4v) is 3.18. The molecule has 0 aliphatic carbocycles. The number of aromatic nitrogens is 1. The van der Waals surface area contributed by atoms with Crippen molar-refractivity contribution in [1.82, 2.24) is 4.98 Å². The van der Waals surface area contributed by atoms with E-state index in [1.165, 1.54) is 0 Å². The zero-order chi connectivity index (χ0) is 11.5. The van der Waals surface area contributed by atoms with Gasteiger partial charge in [-0.25, -0.2) is 0 Å². The SMILES string of the molecule is O=C(O)CC(c1cc[nH]c1)c1ccc(Br)s1. The molecule has 16 heavy (non-hydrogen) atoms. The number of H-pyrrole nitrogens is 1. The Balaban J connectivity index is 2.31. The second kappa shape index (κ2) is 4.84. The van der Waals surface area contributed by atoms with Crippen LogP contribution in [0.4, 0.5) is 0 Å². The van der Waals surface area contributed by atoms with Gasteiger partial charge in [-0.1, -0.05) is 0 Å². The first-order valence-corrected chi connectivity index (χ1v) is 6.37. The van der Waals surface area contributed by atoms with Gasteiger partial charge in [0.05, 0.1) is 10.2 Å². The van der Waals surface area contributed by atoms with E-state index in [4.69, 9.17) is 5.11 Å². The summed E-state index contributed by atoms with van der Waals surface area (Å²) < 4.78 is 1.02. The number of hydrogen-bond acceptors (Lipinski definition) is 2. The Labute approximate surface area is 105 Å². The third kappa shape index (κ3) is 2.54. The van der Waals surface area contributed by atoms with Gasteiger partial charge < -0.3 is 10.1 Å². The van der Waals surface area contributed by atoms with E-state index >= 15 is 0 Å². The Morgan fingerprint density at radius 2 is 2.31 bits per heavy atom. The van der Waals surface area contributed by atoms with Crippen molar-refractivity contribution in [3.63, 3.8) is 0 Å². The lowest BCUT2D eigenvalue weighted by Crippen LogP contribution is -2.05. The molecule has 0 saturated heterocycles. The maximum Gasteiger partial charge on any atom is 0.304 e. The Kier molecular flexibility index (Phi) is 3.46.